The highest BCUT2D eigenvalue weighted by Crippen LogP contribution is 2.50. The van der Waals surface area contributed by atoms with Gasteiger partial charge in [-0.05, 0) is 88.0 Å². The zero-order chi connectivity index (χ0) is 27.0. The van der Waals surface area contributed by atoms with Gasteiger partial charge in [0.2, 0.25) is 0 Å². The van der Waals surface area contributed by atoms with Crippen molar-refractivity contribution in [3.8, 4) is 33.6 Å². The lowest BCUT2D eigenvalue weighted by molar-refractivity contribution is 0.660. The van der Waals surface area contributed by atoms with Crippen LogP contribution in [0.25, 0.3) is 55.4 Å². The van der Waals surface area contributed by atoms with Crippen molar-refractivity contribution in [2.24, 2.45) is 0 Å². The number of halogens is 1. The fourth-order valence-electron chi connectivity index (χ4n) is 6.58. The van der Waals surface area contributed by atoms with E-state index in [1.165, 1.54) is 60.9 Å². The molecule has 0 unspecified atom stereocenters. The Labute approximate surface area is 242 Å². The van der Waals surface area contributed by atoms with Crippen molar-refractivity contribution in [1.29, 1.82) is 0 Å². The van der Waals surface area contributed by atoms with Crippen molar-refractivity contribution in [3.05, 3.63) is 143 Å². The zero-order valence-electron chi connectivity index (χ0n) is 22.4. The standard InChI is InChI=1S/C37H27BrN2/c1-37(2)33-20-25(13-16-29(33)30-17-15-26(38)21-34(30)37)24-14-18-35-31(19-24)32-22-39(27-9-5-3-6-10-27)23-36(32)40(35)28-11-7-4-8-12-28/h3-23H,1-2H3. The lowest BCUT2D eigenvalue weighted by Crippen LogP contribution is -2.15. The molecule has 2 aromatic heterocycles. The summed E-state index contributed by atoms with van der Waals surface area (Å²) in [6.07, 6.45) is 4.53. The van der Waals surface area contributed by atoms with Gasteiger partial charge in [-0.1, -0.05) is 90.4 Å². The fourth-order valence-corrected chi connectivity index (χ4v) is 6.94. The van der Waals surface area contributed by atoms with E-state index in [9.17, 15) is 0 Å². The van der Waals surface area contributed by atoms with Crippen LogP contribution in [-0.2, 0) is 5.41 Å². The van der Waals surface area contributed by atoms with Crippen LogP contribution in [0.4, 0.5) is 0 Å². The largest absolute Gasteiger partial charge is 0.321 e. The third-order valence-electron chi connectivity index (χ3n) is 8.61. The van der Waals surface area contributed by atoms with Gasteiger partial charge in [0, 0.05) is 44.4 Å². The minimum Gasteiger partial charge on any atom is -0.321 e. The first kappa shape index (κ1) is 23.5. The van der Waals surface area contributed by atoms with E-state index in [0.29, 0.717) is 0 Å². The second-order valence-electron chi connectivity index (χ2n) is 11.3. The van der Waals surface area contributed by atoms with Gasteiger partial charge in [-0.2, -0.15) is 0 Å². The first-order valence-electron chi connectivity index (χ1n) is 13.7. The second kappa shape index (κ2) is 8.58. The quantitative estimate of drug-likeness (QED) is 0.197. The van der Waals surface area contributed by atoms with Crippen molar-refractivity contribution in [1.82, 2.24) is 9.13 Å². The third-order valence-corrected chi connectivity index (χ3v) is 9.11. The molecule has 0 saturated heterocycles. The van der Waals surface area contributed by atoms with Gasteiger partial charge in [-0.3, -0.25) is 0 Å². The van der Waals surface area contributed by atoms with Gasteiger partial charge in [-0.25, -0.2) is 0 Å². The molecule has 5 aromatic carbocycles. The van der Waals surface area contributed by atoms with Crippen molar-refractivity contribution in [2.45, 2.75) is 19.3 Å². The zero-order valence-corrected chi connectivity index (χ0v) is 24.0. The molecule has 2 nitrogen and oxygen atoms in total. The van der Waals surface area contributed by atoms with Crippen molar-refractivity contribution < 1.29 is 0 Å². The van der Waals surface area contributed by atoms with E-state index >= 15 is 0 Å². The van der Waals surface area contributed by atoms with Gasteiger partial charge >= 0.3 is 0 Å². The summed E-state index contributed by atoms with van der Waals surface area (Å²) in [5, 5.41) is 2.52. The maximum absolute atomic E-state index is 3.69. The van der Waals surface area contributed by atoms with E-state index in [1.54, 1.807) is 0 Å². The number of benzene rings is 5. The molecule has 1 aliphatic rings. The number of nitrogens with zero attached hydrogens (tertiary/aromatic N) is 2. The topological polar surface area (TPSA) is 9.86 Å². The molecule has 0 N–H and O–H groups in total. The predicted molar refractivity (Wildman–Crippen MR) is 171 cm³/mol. The molecule has 8 rings (SSSR count). The Balaban J connectivity index is 1.33. The molecule has 0 fully saturated rings. The number of hydrogen-bond acceptors (Lipinski definition) is 0. The highest BCUT2D eigenvalue weighted by Gasteiger charge is 2.35. The van der Waals surface area contributed by atoms with Gasteiger partial charge in [0.05, 0.1) is 11.0 Å². The summed E-state index contributed by atoms with van der Waals surface area (Å²) in [7, 11) is 0. The van der Waals surface area contributed by atoms with Crippen molar-refractivity contribution >= 4 is 37.7 Å². The number of rotatable bonds is 3. The van der Waals surface area contributed by atoms with E-state index in [0.717, 1.165) is 10.2 Å². The van der Waals surface area contributed by atoms with E-state index < -0.39 is 0 Å². The second-order valence-corrected chi connectivity index (χ2v) is 12.2. The Morgan fingerprint density at radius 2 is 1.18 bits per heavy atom. The Morgan fingerprint density at radius 3 is 1.93 bits per heavy atom. The molecule has 0 aliphatic heterocycles. The molecule has 0 bridgehead atoms. The number of aromatic nitrogens is 2. The van der Waals surface area contributed by atoms with Crippen LogP contribution in [-0.4, -0.2) is 9.13 Å². The van der Waals surface area contributed by atoms with Crippen LogP contribution >= 0.6 is 15.9 Å². The highest BCUT2D eigenvalue weighted by molar-refractivity contribution is 9.10. The lowest BCUT2D eigenvalue weighted by atomic mass is 9.81. The Hall–Kier alpha value is -4.34. The molecule has 3 heteroatoms. The van der Waals surface area contributed by atoms with Gasteiger partial charge in [0.1, 0.15) is 0 Å². The molecule has 0 saturated carbocycles. The molecular weight excluding hydrogens is 552 g/mol. The number of para-hydroxylation sites is 2. The Kier molecular flexibility index (Phi) is 5.05. The van der Waals surface area contributed by atoms with Crippen LogP contribution in [0.2, 0.25) is 0 Å². The minimum absolute atomic E-state index is 0.0502. The average molecular weight is 580 g/mol. The van der Waals surface area contributed by atoms with Crippen molar-refractivity contribution in [3.63, 3.8) is 0 Å². The third kappa shape index (κ3) is 3.41. The predicted octanol–water partition coefficient (Wildman–Crippen LogP) is 10.3. The molecule has 7 aromatic rings. The maximum atomic E-state index is 3.69. The minimum atomic E-state index is -0.0502. The van der Waals surface area contributed by atoms with Crippen LogP contribution in [0.5, 0.6) is 0 Å². The maximum Gasteiger partial charge on any atom is 0.0721 e. The van der Waals surface area contributed by atoms with Gasteiger partial charge in [0.25, 0.3) is 0 Å². The normalized spacial score (nSPS) is 13.6. The SMILES string of the molecule is CC1(C)c2cc(Br)ccc2-c2ccc(-c3ccc4c(c3)c3cn(-c5ccccc5)cc3n4-c3ccccc3)cc21. The van der Waals surface area contributed by atoms with Crippen LogP contribution < -0.4 is 0 Å². The fraction of sp³-hybridized carbons (Fsp3) is 0.0811. The van der Waals surface area contributed by atoms with Gasteiger partial charge < -0.3 is 9.13 Å². The smallest absolute Gasteiger partial charge is 0.0721 e. The molecule has 2 heterocycles. The summed E-state index contributed by atoms with van der Waals surface area (Å²) in [6.45, 7) is 4.68. The molecule has 0 spiro atoms. The summed E-state index contributed by atoms with van der Waals surface area (Å²) in [4.78, 5) is 0. The Bertz CT molecular complexity index is 2080. The molecule has 192 valence electrons. The van der Waals surface area contributed by atoms with E-state index in [-0.39, 0.29) is 5.41 Å². The Morgan fingerprint density at radius 1 is 0.550 bits per heavy atom. The summed E-state index contributed by atoms with van der Waals surface area (Å²) in [5.74, 6) is 0. The molecular formula is C37H27BrN2. The van der Waals surface area contributed by atoms with Crippen LogP contribution in [0.15, 0.2) is 132 Å². The number of hydrogen-bond donors (Lipinski definition) is 0. The van der Waals surface area contributed by atoms with Crippen LogP contribution in [0.1, 0.15) is 25.0 Å². The van der Waals surface area contributed by atoms with E-state index in [2.05, 4.69) is 167 Å². The summed E-state index contributed by atoms with van der Waals surface area (Å²) < 4.78 is 5.75. The lowest BCUT2D eigenvalue weighted by Gasteiger charge is -2.22. The molecule has 0 amide bonds. The monoisotopic (exact) mass is 578 g/mol. The summed E-state index contributed by atoms with van der Waals surface area (Å²) in [6, 6.07) is 41.8. The first-order valence-corrected chi connectivity index (χ1v) is 14.5. The summed E-state index contributed by atoms with van der Waals surface area (Å²) >= 11 is 3.69. The van der Waals surface area contributed by atoms with Crippen molar-refractivity contribution in [2.75, 3.05) is 0 Å². The molecule has 40 heavy (non-hydrogen) atoms. The van der Waals surface area contributed by atoms with E-state index in [4.69, 9.17) is 0 Å². The molecule has 0 atom stereocenters. The molecule has 0 radical (unpaired) electrons. The van der Waals surface area contributed by atoms with Gasteiger partial charge in [-0.15, -0.1) is 0 Å². The first-order chi connectivity index (χ1) is 19.5. The van der Waals surface area contributed by atoms with Crippen LogP contribution in [0.3, 0.4) is 0 Å². The number of fused-ring (bicyclic) bond motifs is 6. The molecule has 1 aliphatic carbocycles. The average Bonchev–Trinajstić information content (AvgIpc) is 3.61. The van der Waals surface area contributed by atoms with Crippen LogP contribution in [0, 0.1) is 0 Å². The summed E-state index contributed by atoms with van der Waals surface area (Å²) in [5.41, 5.74) is 12.7. The van der Waals surface area contributed by atoms with E-state index in [1.807, 2.05) is 0 Å². The van der Waals surface area contributed by atoms with Gasteiger partial charge in [0.15, 0.2) is 0 Å². The highest BCUT2D eigenvalue weighted by atomic mass is 79.9.